The van der Waals surface area contributed by atoms with Crippen LogP contribution in [-0.2, 0) is 7.05 Å². The van der Waals surface area contributed by atoms with Gasteiger partial charge in [0.2, 0.25) is 0 Å². The Morgan fingerprint density at radius 3 is 2.52 bits per heavy atom. The number of nitrogens with zero attached hydrogens (tertiary/aromatic N) is 5. The van der Waals surface area contributed by atoms with E-state index >= 15 is 0 Å². The Hall–Kier alpha value is -3.22. The molecule has 136 valence electrons. The molecule has 1 fully saturated rings. The zero-order chi connectivity index (χ0) is 18.7. The van der Waals surface area contributed by atoms with E-state index in [1.807, 2.05) is 13.2 Å². The van der Waals surface area contributed by atoms with Crippen molar-refractivity contribution < 1.29 is 0 Å². The van der Waals surface area contributed by atoms with Gasteiger partial charge in [-0.3, -0.25) is 9.48 Å². The van der Waals surface area contributed by atoms with Crippen LogP contribution in [0.3, 0.4) is 0 Å². The largest absolute Gasteiger partial charge is 0.306 e. The Balaban J connectivity index is 1.65. The highest BCUT2D eigenvalue weighted by Crippen LogP contribution is 2.41. The molecule has 1 aliphatic carbocycles. The molecule has 3 aromatic heterocycles. The number of benzene rings is 1. The Morgan fingerprint density at radius 2 is 1.89 bits per heavy atom. The van der Waals surface area contributed by atoms with Gasteiger partial charge < -0.3 is 4.98 Å². The summed E-state index contributed by atoms with van der Waals surface area (Å²) in [7, 11) is 1.83. The Morgan fingerprint density at radius 1 is 1.15 bits per heavy atom. The third-order valence-corrected chi connectivity index (χ3v) is 5.16. The molecular formula is C20H20N6O. The van der Waals surface area contributed by atoms with Crippen LogP contribution < -0.4 is 5.56 Å². The highest BCUT2D eigenvalue weighted by molar-refractivity contribution is 5.76. The normalized spacial score (nSPS) is 14.2. The third kappa shape index (κ3) is 2.66. The second-order valence-electron chi connectivity index (χ2n) is 7.41. The summed E-state index contributed by atoms with van der Waals surface area (Å²) in [4.78, 5) is 19.9. The van der Waals surface area contributed by atoms with Crippen molar-refractivity contribution in [2.24, 2.45) is 7.05 Å². The van der Waals surface area contributed by atoms with E-state index in [1.54, 1.807) is 21.8 Å². The molecule has 7 heteroatoms. The van der Waals surface area contributed by atoms with Crippen LogP contribution in [0.25, 0.3) is 28.1 Å². The van der Waals surface area contributed by atoms with E-state index in [1.165, 1.54) is 18.4 Å². The monoisotopic (exact) mass is 360 g/mol. The molecule has 1 aromatic carbocycles. The molecule has 0 unspecified atom stereocenters. The maximum Gasteiger partial charge on any atom is 0.262 e. The second-order valence-corrected chi connectivity index (χ2v) is 7.41. The molecule has 4 aromatic rings. The van der Waals surface area contributed by atoms with Gasteiger partial charge in [0.05, 0.1) is 17.4 Å². The van der Waals surface area contributed by atoms with Crippen LogP contribution in [0.1, 0.15) is 35.4 Å². The molecule has 5 rings (SSSR count). The Labute approximate surface area is 155 Å². The second kappa shape index (κ2) is 5.64. The van der Waals surface area contributed by atoms with Crippen LogP contribution in [0.4, 0.5) is 0 Å². The number of aromatic nitrogens is 6. The van der Waals surface area contributed by atoms with Crippen LogP contribution in [-0.4, -0.2) is 29.5 Å². The fourth-order valence-electron chi connectivity index (χ4n) is 3.71. The summed E-state index contributed by atoms with van der Waals surface area (Å²) in [6, 6.07) is 4.48. The number of aromatic amines is 1. The van der Waals surface area contributed by atoms with Gasteiger partial charge in [0.15, 0.2) is 5.65 Å². The summed E-state index contributed by atoms with van der Waals surface area (Å²) in [6.45, 7) is 4.19. The Kier molecular flexibility index (Phi) is 3.34. The van der Waals surface area contributed by atoms with Crippen molar-refractivity contribution in [1.82, 2.24) is 29.5 Å². The lowest BCUT2D eigenvalue weighted by Crippen LogP contribution is -2.08. The lowest BCUT2D eigenvalue weighted by molar-refractivity contribution is 0.768. The van der Waals surface area contributed by atoms with Crippen molar-refractivity contribution in [2.45, 2.75) is 32.6 Å². The summed E-state index contributed by atoms with van der Waals surface area (Å²) in [6.07, 6.45) is 7.80. The molecule has 0 aliphatic heterocycles. The molecule has 0 saturated heterocycles. The fourth-order valence-corrected chi connectivity index (χ4v) is 3.71. The zero-order valence-corrected chi connectivity index (χ0v) is 15.5. The number of rotatable bonds is 3. The molecule has 7 nitrogen and oxygen atoms in total. The van der Waals surface area contributed by atoms with Gasteiger partial charge in [0.25, 0.3) is 5.56 Å². The maximum absolute atomic E-state index is 12.6. The summed E-state index contributed by atoms with van der Waals surface area (Å²) in [5, 5.41) is 9.22. The molecule has 0 radical (unpaired) electrons. The summed E-state index contributed by atoms with van der Waals surface area (Å²) < 4.78 is 3.45. The van der Waals surface area contributed by atoms with Crippen LogP contribution in [0.2, 0.25) is 0 Å². The summed E-state index contributed by atoms with van der Waals surface area (Å²) in [5.74, 6) is 1.18. The van der Waals surface area contributed by atoms with E-state index in [9.17, 15) is 4.79 Å². The van der Waals surface area contributed by atoms with Gasteiger partial charge in [-0.1, -0.05) is 12.1 Å². The molecule has 0 atom stereocenters. The summed E-state index contributed by atoms with van der Waals surface area (Å²) >= 11 is 0. The summed E-state index contributed by atoms with van der Waals surface area (Å²) in [5.41, 5.74) is 5.73. The molecule has 1 saturated carbocycles. The molecular weight excluding hydrogens is 340 g/mol. The zero-order valence-electron chi connectivity index (χ0n) is 15.5. The van der Waals surface area contributed by atoms with E-state index in [4.69, 9.17) is 0 Å². The first-order valence-corrected chi connectivity index (χ1v) is 9.10. The van der Waals surface area contributed by atoms with E-state index in [0.717, 1.165) is 22.4 Å². The van der Waals surface area contributed by atoms with Gasteiger partial charge in [-0.25, -0.2) is 9.67 Å². The minimum atomic E-state index is -0.199. The van der Waals surface area contributed by atoms with Crippen molar-refractivity contribution in [1.29, 1.82) is 0 Å². The number of nitrogens with one attached hydrogen (secondary N) is 1. The van der Waals surface area contributed by atoms with Crippen molar-refractivity contribution in [2.75, 3.05) is 0 Å². The Bertz CT molecular complexity index is 1220. The van der Waals surface area contributed by atoms with Crippen LogP contribution >= 0.6 is 0 Å². The van der Waals surface area contributed by atoms with Gasteiger partial charge in [0, 0.05) is 19.4 Å². The van der Waals surface area contributed by atoms with Gasteiger partial charge in [0.1, 0.15) is 11.2 Å². The van der Waals surface area contributed by atoms with Crippen molar-refractivity contribution in [3.05, 3.63) is 57.8 Å². The lowest BCUT2D eigenvalue weighted by Gasteiger charge is -2.12. The first-order valence-electron chi connectivity index (χ1n) is 9.10. The number of H-pyrrole nitrogens is 1. The van der Waals surface area contributed by atoms with Gasteiger partial charge >= 0.3 is 0 Å². The minimum absolute atomic E-state index is 0.199. The third-order valence-electron chi connectivity index (χ3n) is 5.16. The SMILES string of the molecule is Cc1cc(C2CC2)cc(C)c1-n1cc2c(=O)[nH]c(-c3cnn(C)c3)nc2n1. The predicted octanol–water partition coefficient (Wildman–Crippen LogP) is 3.00. The van der Waals surface area contributed by atoms with E-state index in [-0.39, 0.29) is 5.56 Å². The lowest BCUT2D eigenvalue weighted by atomic mass is 10.0. The minimum Gasteiger partial charge on any atom is -0.306 e. The molecule has 1 aliphatic rings. The molecule has 0 amide bonds. The molecule has 1 N–H and O–H groups in total. The maximum atomic E-state index is 12.6. The quantitative estimate of drug-likeness (QED) is 0.609. The van der Waals surface area contributed by atoms with Crippen LogP contribution in [0.15, 0.2) is 35.5 Å². The van der Waals surface area contributed by atoms with Crippen LogP contribution in [0, 0.1) is 13.8 Å². The van der Waals surface area contributed by atoms with Crippen molar-refractivity contribution in [3.8, 4) is 17.1 Å². The van der Waals surface area contributed by atoms with E-state index < -0.39 is 0 Å². The van der Waals surface area contributed by atoms with Gasteiger partial charge in [-0.05, 0) is 49.3 Å². The number of fused-ring (bicyclic) bond motifs is 1. The van der Waals surface area contributed by atoms with Crippen molar-refractivity contribution in [3.63, 3.8) is 0 Å². The molecule has 27 heavy (non-hydrogen) atoms. The molecule has 3 heterocycles. The molecule has 0 spiro atoms. The van der Waals surface area contributed by atoms with E-state index in [2.05, 4.69) is 46.1 Å². The highest BCUT2D eigenvalue weighted by atomic mass is 16.1. The average Bonchev–Trinajstić information content (AvgIpc) is 3.24. The van der Waals surface area contributed by atoms with Gasteiger partial charge in [-0.2, -0.15) is 5.10 Å². The number of hydrogen-bond acceptors (Lipinski definition) is 4. The topological polar surface area (TPSA) is 81.4 Å². The van der Waals surface area contributed by atoms with Gasteiger partial charge in [-0.15, -0.1) is 5.10 Å². The predicted molar refractivity (Wildman–Crippen MR) is 103 cm³/mol. The first kappa shape index (κ1) is 16.0. The smallest absolute Gasteiger partial charge is 0.262 e. The number of hydrogen-bond donors (Lipinski definition) is 1. The first-order chi connectivity index (χ1) is 13.0. The standard InChI is InChI=1S/C20H20N6O/c1-11-6-14(13-4-5-13)7-12(2)17(11)26-10-16-19(24-26)22-18(23-20(16)27)15-8-21-25(3)9-15/h6-10,13H,4-5H2,1-3H3,(H,22,23,24,27). The van der Waals surface area contributed by atoms with Crippen LogP contribution in [0.5, 0.6) is 0 Å². The molecule has 0 bridgehead atoms. The fraction of sp³-hybridized carbons (Fsp3) is 0.300. The van der Waals surface area contributed by atoms with E-state index in [0.29, 0.717) is 22.8 Å². The highest BCUT2D eigenvalue weighted by Gasteiger charge is 2.25. The average molecular weight is 360 g/mol. The van der Waals surface area contributed by atoms with Crippen molar-refractivity contribution >= 4 is 11.0 Å². The number of aryl methyl sites for hydroxylation is 3.